The summed E-state index contributed by atoms with van der Waals surface area (Å²) in [6.45, 7) is 5.05. The number of non-ortho nitro benzene ring substituents is 1. The van der Waals surface area contributed by atoms with Gasteiger partial charge in [-0.3, -0.25) is 25.0 Å². The number of hydrogen-bond acceptors (Lipinski definition) is 8. The molecule has 0 aliphatic heterocycles. The molecule has 0 aliphatic rings. The first-order valence-corrected chi connectivity index (χ1v) is 11.2. The van der Waals surface area contributed by atoms with Gasteiger partial charge in [-0.1, -0.05) is 24.3 Å². The van der Waals surface area contributed by atoms with Crippen LogP contribution < -0.4 is 10.6 Å². The number of anilines is 1. The van der Waals surface area contributed by atoms with Crippen LogP contribution in [0.15, 0.2) is 47.8 Å². The second kappa shape index (κ2) is 10.7. The molecule has 176 valence electrons. The Labute approximate surface area is 199 Å². The number of carbonyl (C=O) groups is 3. The van der Waals surface area contributed by atoms with Gasteiger partial charge in [-0.05, 0) is 25.5 Å². The Hall–Kier alpha value is -4.12. The highest BCUT2D eigenvalue weighted by Crippen LogP contribution is 2.27. The summed E-state index contributed by atoms with van der Waals surface area (Å²) in [6, 6.07) is 10.7. The van der Waals surface area contributed by atoms with E-state index in [4.69, 9.17) is 4.74 Å². The monoisotopic (exact) mass is 482 g/mol. The van der Waals surface area contributed by atoms with Crippen LogP contribution in [0, 0.1) is 10.1 Å². The first-order valence-electron chi connectivity index (χ1n) is 10.3. The van der Waals surface area contributed by atoms with E-state index in [1.165, 1.54) is 24.3 Å². The Morgan fingerprint density at radius 1 is 1.15 bits per heavy atom. The lowest BCUT2D eigenvalue weighted by Gasteiger charge is -2.13. The van der Waals surface area contributed by atoms with E-state index in [1.54, 1.807) is 12.3 Å². The van der Waals surface area contributed by atoms with Crippen LogP contribution in [0.5, 0.6) is 0 Å². The van der Waals surface area contributed by atoms with Crippen molar-refractivity contribution in [1.29, 1.82) is 0 Å². The van der Waals surface area contributed by atoms with Gasteiger partial charge in [0.25, 0.3) is 11.6 Å². The van der Waals surface area contributed by atoms with Crippen LogP contribution in [0.4, 0.5) is 10.8 Å². The third kappa shape index (κ3) is 6.01. The normalized spacial score (nSPS) is 11.4. The van der Waals surface area contributed by atoms with E-state index >= 15 is 0 Å². The predicted octanol–water partition coefficient (Wildman–Crippen LogP) is 4.34. The number of nitro groups is 1. The molecule has 10 nitrogen and oxygen atoms in total. The maximum absolute atomic E-state index is 12.7. The van der Waals surface area contributed by atoms with E-state index in [0.717, 1.165) is 23.3 Å². The van der Waals surface area contributed by atoms with Gasteiger partial charge in [0.2, 0.25) is 5.91 Å². The summed E-state index contributed by atoms with van der Waals surface area (Å²) in [5.41, 5.74) is 1.83. The number of hydrogen-bond donors (Lipinski definition) is 2. The van der Waals surface area contributed by atoms with Gasteiger partial charge < -0.3 is 10.1 Å². The maximum atomic E-state index is 12.7. The number of rotatable bonds is 8. The maximum Gasteiger partial charge on any atom is 0.338 e. The van der Waals surface area contributed by atoms with Gasteiger partial charge >= 0.3 is 5.97 Å². The summed E-state index contributed by atoms with van der Waals surface area (Å²) in [5, 5.41) is 18.7. The summed E-state index contributed by atoms with van der Waals surface area (Å²) in [4.78, 5) is 50.9. The highest BCUT2D eigenvalue weighted by molar-refractivity contribution is 7.14. The van der Waals surface area contributed by atoms with Crippen molar-refractivity contribution < 1.29 is 24.0 Å². The molecule has 2 amide bonds. The molecule has 2 N–H and O–H groups in total. The van der Waals surface area contributed by atoms with Gasteiger partial charge in [-0.2, -0.15) is 0 Å². The second-order valence-electron chi connectivity index (χ2n) is 7.28. The number of nitro benzene ring substituents is 1. The van der Waals surface area contributed by atoms with Gasteiger partial charge in [0.05, 0.1) is 28.8 Å². The van der Waals surface area contributed by atoms with Crippen molar-refractivity contribution in [2.75, 3.05) is 11.9 Å². The van der Waals surface area contributed by atoms with Gasteiger partial charge in [0.15, 0.2) is 5.13 Å². The highest BCUT2D eigenvalue weighted by atomic mass is 32.1. The zero-order valence-corrected chi connectivity index (χ0v) is 19.5. The zero-order chi connectivity index (χ0) is 24.8. The van der Waals surface area contributed by atoms with Gasteiger partial charge in [0.1, 0.15) is 0 Å². The number of thiazole rings is 1. The fraction of sp³-hybridized carbons (Fsp3) is 0.217. The lowest BCUT2D eigenvalue weighted by Crippen LogP contribution is -2.23. The van der Waals surface area contributed by atoms with Crippen LogP contribution in [0.3, 0.4) is 0 Å². The van der Waals surface area contributed by atoms with Crippen LogP contribution >= 0.6 is 11.3 Å². The highest BCUT2D eigenvalue weighted by Gasteiger charge is 2.19. The molecule has 0 bridgehead atoms. The van der Waals surface area contributed by atoms with Crippen LogP contribution in [0.1, 0.15) is 53.1 Å². The molecular formula is C23H22N4O6S. The van der Waals surface area contributed by atoms with Gasteiger partial charge in [-0.25, -0.2) is 9.78 Å². The molecular weight excluding hydrogens is 460 g/mol. The van der Waals surface area contributed by atoms with Crippen LogP contribution in [0.25, 0.3) is 11.3 Å². The average molecular weight is 483 g/mol. The molecule has 1 atom stereocenters. The van der Waals surface area contributed by atoms with Gasteiger partial charge in [0, 0.05) is 35.6 Å². The molecule has 2 aromatic carbocycles. The van der Waals surface area contributed by atoms with Crippen molar-refractivity contribution in [3.63, 3.8) is 0 Å². The SMILES string of the molecule is CCOC(=O)c1cc(C(=O)Nc2nc(-c3ccc(C(C)NC(C)=O)cc3)cs2)cc([N+](=O)[O-])c1. The number of esters is 1. The van der Waals surface area contributed by atoms with Crippen molar-refractivity contribution in [2.45, 2.75) is 26.8 Å². The lowest BCUT2D eigenvalue weighted by molar-refractivity contribution is -0.384. The number of benzene rings is 2. The first-order chi connectivity index (χ1) is 16.2. The molecule has 11 heteroatoms. The molecule has 0 fully saturated rings. The third-order valence-electron chi connectivity index (χ3n) is 4.75. The molecule has 1 heterocycles. The molecule has 1 aromatic heterocycles. The van der Waals surface area contributed by atoms with E-state index in [2.05, 4.69) is 15.6 Å². The number of nitrogens with zero attached hydrogens (tertiary/aromatic N) is 2. The summed E-state index contributed by atoms with van der Waals surface area (Å²) in [7, 11) is 0. The number of carbonyl (C=O) groups excluding carboxylic acids is 3. The van der Waals surface area contributed by atoms with Gasteiger partial charge in [-0.15, -0.1) is 11.3 Å². The molecule has 3 rings (SSSR count). The summed E-state index contributed by atoms with van der Waals surface area (Å²) < 4.78 is 4.89. The van der Waals surface area contributed by atoms with Crippen molar-refractivity contribution >= 4 is 39.9 Å². The Morgan fingerprint density at radius 2 is 1.82 bits per heavy atom. The van der Waals surface area contributed by atoms with E-state index in [1.807, 2.05) is 31.2 Å². The molecule has 0 spiro atoms. The minimum Gasteiger partial charge on any atom is -0.462 e. The lowest BCUT2D eigenvalue weighted by atomic mass is 10.1. The van der Waals surface area contributed by atoms with E-state index < -0.39 is 22.5 Å². The molecule has 0 aliphatic carbocycles. The summed E-state index contributed by atoms with van der Waals surface area (Å²) in [5.74, 6) is -1.52. The number of nitrogens with one attached hydrogen (secondary N) is 2. The minimum absolute atomic E-state index is 0.0645. The van der Waals surface area contributed by atoms with Crippen molar-refractivity contribution in [1.82, 2.24) is 10.3 Å². The van der Waals surface area contributed by atoms with Crippen molar-refractivity contribution in [3.05, 3.63) is 74.6 Å². The second-order valence-corrected chi connectivity index (χ2v) is 8.14. The topological polar surface area (TPSA) is 141 Å². The molecule has 34 heavy (non-hydrogen) atoms. The summed E-state index contributed by atoms with van der Waals surface area (Å²) in [6.07, 6.45) is 0. The Morgan fingerprint density at radius 3 is 2.44 bits per heavy atom. The average Bonchev–Trinajstić information content (AvgIpc) is 3.27. The molecule has 0 saturated heterocycles. The van der Waals surface area contributed by atoms with E-state index in [0.29, 0.717) is 10.8 Å². The van der Waals surface area contributed by atoms with Crippen molar-refractivity contribution in [3.8, 4) is 11.3 Å². The van der Waals surface area contributed by atoms with Crippen LogP contribution in [0.2, 0.25) is 0 Å². The van der Waals surface area contributed by atoms with Crippen LogP contribution in [-0.2, 0) is 9.53 Å². The Kier molecular flexibility index (Phi) is 7.69. The quantitative estimate of drug-likeness (QED) is 0.276. The van der Waals surface area contributed by atoms with Crippen molar-refractivity contribution in [2.24, 2.45) is 0 Å². The third-order valence-corrected chi connectivity index (χ3v) is 5.51. The predicted molar refractivity (Wildman–Crippen MR) is 127 cm³/mol. The first kappa shape index (κ1) is 24.5. The molecule has 0 radical (unpaired) electrons. The standard InChI is InChI=1S/C23H22N4O6S/c1-4-33-22(30)18-9-17(10-19(11-18)27(31)32)21(29)26-23-25-20(12-34-23)16-7-5-15(6-8-16)13(2)24-14(3)28/h5-13H,4H2,1-3H3,(H,24,28)(H,25,26,29). The summed E-state index contributed by atoms with van der Waals surface area (Å²) >= 11 is 1.19. The molecule has 1 unspecified atom stereocenters. The Balaban J connectivity index is 1.77. The minimum atomic E-state index is -0.756. The number of ether oxygens (including phenoxy) is 1. The number of aromatic nitrogens is 1. The zero-order valence-electron chi connectivity index (χ0n) is 18.7. The number of amides is 2. The fourth-order valence-corrected chi connectivity index (χ4v) is 3.86. The fourth-order valence-electron chi connectivity index (χ4n) is 3.14. The Bertz CT molecular complexity index is 1240. The van der Waals surface area contributed by atoms with Crippen LogP contribution in [-0.4, -0.2) is 34.3 Å². The van der Waals surface area contributed by atoms with E-state index in [9.17, 15) is 24.5 Å². The largest absolute Gasteiger partial charge is 0.462 e. The molecule has 0 saturated carbocycles. The smallest absolute Gasteiger partial charge is 0.338 e. The van der Waals surface area contributed by atoms with E-state index in [-0.39, 0.29) is 29.7 Å². The molecule has 3 aromatic rings.